The van der Waals surface area contributed by atoms with E-state index in [1.54, 1.807) is 0 Å². The third-order valence-corrected chi connectivity index (χ3v) is 3.06. The first-order chi connectivity index (χ1) is 6.24. The summed E-state index contributed by atoms with van der Waals surface area (Å²) in [4.78, 5) is 0. The molecule has 0 amide bonds. The van der Waals surface area contributed by atoms with Gasteiger partial charge in [0, 0.05) is 0 Å². The van der Waals surface area contributed by atoms with Crippen molar-refractivity contribution in [3.63, 3.8) is 0 Å². The van der Waals surface area contributed by atoms with Crippen LogP contribution in [0.5, 0.6) is 0 Å². The molecule has 0 N–H and O–H groups in total. The lowest BCUT2D eigenvalue weighted by Gasteiger charge is -2.22. The molecule has 0 aromatic carbocycles. The van der Waals surface area contributed by atoms with E-state index >= 15 is 0 Å². The van der Waals surface area contributed by atoms with Crippen LogP contribution in [0.15, 0.2) is 23.8 Å². The summed E-state index contributed by atoms with van der Waals surface area (Å²) in [7, 11) is 0. The monoisotopic (exact) mass is 178 g/mol. The molecule has 0 aromatic heterocycles. The van der Waals surface area contributed by atoms with Crippen LogP contribution in [-0.4, -0.2) is 0 Å². The number of unbranched alkanes of at least 4 members (excludes halogenated alkanes) is 1. The fourth-order valence-corrected chi connectivity index (χ4v) is 1.91. The summed E-state index contributed by atoms with van der Waals surface area (Å²) in [5, 5.41) is 0. The van der Waals surface area contributed by atoms with Gasteiger partial charge in [0.15, 0.2) is 0 Å². The predicted octanol–water partition coefficient (Wildman–Crippen LogP) is 4.34. The molecule has 2 atom stereocenters. The lowest BCUT2D eigenvalue weighted by Crippen LogP contribution is -2.10. The normalized spacial score (nSPS) is 24.2. The summed E-state index contributed by atoms with van der Waals surface area (Å²) in [5.41, 5.74) is 1.43. The van der Waals surface area contributed by atoms with Crippen molar-refractivity contribution in [2.75, 3.05) is 0 Å². The Morgan fingerprint density at radius 2 is 2.31 bits per heavy atom. The van der Waals surface area contributed by atoms with Crippen LogP contribution in [0, 0.1) is 11.8 Å². The largest absolute Gasteiger partial charge is 0.0810 e. The molecule has 0 fully saturated rings. The molecular formula is C13H22. The minimum Gasteiger partial charge on any atom is -0.0810 e. The van der Waals surface area contributed by atoms with Gasteiger partial charge in [0.05, 0.1) is 0 Å². The van der Waals surface area contributed by atoms with Crippen molar-refractivity contribution in [2.24, 2.45) is 11.8 Å². The Bertz CT molecular complexity index is 198. The lowest BCUT2D eigenvalue weighted by molar-refractivity contribution is 0.389. The Labute approximate surface area is 82.7 Å². The Kier molecular flexibility index (Phi) is 4.27. The zero-order chi connectivity index (χ0) is 9.68. The van der Waals surface area contributed by atoms with Gasteiger partial charge in [-0.1, -0.05) is 56.9 Å². The standard InChI is InChI=1S/C13H22/c1-4-5-6-12(3)13-9-7-11(2)8-10-13/h7-9,12-13H,4-6,10H2,1-3H3. The summed E-state index contributed by atoms with van der Waals surface area (Å²) in [5.74, 6) is 1.66. The number of hydrogen-bond donors (Lipinski definition) is 0. The van der Waals surface area contributed by atoms with Gasteiger partial charge in [-0.15, -0.1) is 0 Å². The zero-order valence-corrected chi connectivity index (χ0v) is 9.22. The number of allylic oxidation sites excluding steroid dienone is 4. The number of hydrogen-bond acceptors (Lipinski definition) is 0. The Balaban J connectivity index is 2.33. The maximum absolute atomic E-state index is 2.40. The van der Waals surface area contributed by atoms with Gasteiger partial charge >= 0.3 is 0 Å². The van der Waals surface area contributed by atoms with Gasteiger partial charge in [-0.25, -0.2) is 0 Å². The molecule has 1 rings (SSSR count). The minimum absolute atomic E-state index is 0.801. The van der Waals surface area contributed by atoms with Gasteiger partial charge in [-0.05, 0) is 25.2 Å². The molecule has 0 saturated carbocycles. The Morgan fingerprint density at radius 1 is 1.54 bits per heavy atom. The van der Waals surface area contributed by atoms with Crippen LogP contribution < -0.4 is 0 Å². The topological polar surface area (TPSA) is 0 Å². The molecule has 1 aliphatic rings. The lowest BCUT2D eigenvalue weighted by atomic mass is 9.84. The molecular weight excluding hydrogens is 156 g/mol. The van der Waals surface area contributed by atoms with E-state index < -0.39 is 0 Å². The average Bonchev–Trinajstić information content (AvgIpc) is 2.15. The summed E-state index contributed by atoms with van der Waals surface area (Å²) in [6, 6.07) is 0. The molecule has 0 heteroatoms. The van der Waals surface area contributed by atoms with Gasteiger partial charge in [0.1, 0.15) is 0 Å². The van der Waals surface area contributed by atoms with Gasteiger partial charge in [-0.3, -0.25) is 0 Å². The van der Waals surface area contributed by atoms with Crippen LogP contribution in [0.25, 0.3) is 0 Å². The maximum atomic E-state index is 2.40. The molecule has 0 radical (unpaired) electrons. The van der Waals surface area contributed by atoms with Crippen LogP contribution in [0.3, 0.4) is 0 Å². The highest BCUT2D eigenvalue weighted by Crippen LogP contribution is 2.26. The highest BCUT2D eigenvalue weighted by Gasteiger charge is 2.14. The van der Waals surface area contributed by atoms with E-state index in [-0.39, 0.29) is 0 Å². The summed E-state index contributed by atoms with van der Waals surface area (Å²) in [6.07, 6.45) is 12.4. The van der Waals surface area contributed by atoms with Crippen LogP contribution in [0.2, 0.25) is 0 Å². The molecule has 2 unspecified atom stereocenters. The van der Waals surface area contributed by atoms with Crippen molar-refractivity contribution in [2.45, 2.75) is 46.5 Å². The first-order valence-electron chi connectivity index (χ1n) is 5.59. The molecule has 0 aliphatic heterocycles. The second-order valence-electron chi connectivity index (χ2n) is 4.33. The first-order valence-corrected chi connectivity index (χ1v) is 5.59. The van der Waals surface area contributed by atoms with E-state index in [4.69, 9.17) is 0 Å². The third-order valence-electron chi connectivity index (χ3n) is 3.06. The quantitative estimate of drug-likeness (QED) is 0.601. The summed E-state index contributed by atoms with van der Waals surface area (Å²) in [6.45, 7) is 6.84. The van der Waals surface area contributed by atoms with Crippen molar-refractivity contribution in [1.29, 1.82) is 0 Å². The molecule has 13 heavy (non-hydrogen) atoms. The highest BCUT2D eigenvalue weighted by atomic mass is 14.2. The van der Waals surface area contributed by atoms with Crippen LogP contribution in [0.4, 0.5) is 0 Å². The Hall–Kier alpha value is -0.520. The zero-order valence-electron chi connectivity index (χ0n) is 9.22. The summed E-state index contributed by atoms with van der Waals surface area (Å²) < 4.78 is 0. The molecule has 0 spiro atoms. The smallest absolute Gasteiger partial charge is 0.0170 e. The predicted molar refractivity (Wildman–Crippen MR) is 59.7 cm³/mol. The molecule has 0 saturated heterocycles. The average molecular weight is 178 g/mol. The van der Waals surface area contributed by atoms with Crippen molar-refractivity contribution >= 4 is 0 Å². The van der Waals surface area contributed by atoms with E-state index in [0.717, 1.165) is 11.8 Å². The van der Waals surface area contributed by atoms with E-state index in [0.29, 0.717) is 0 Å². The van der Waals surface area contributed by atoms with Gasteiger partial charge in [0.25, 0.3) is 0 Å². The van der Waals surface area contributed by atoms with E-state index in [9.17, 15) is 0 Å². The third kappa shape index (κ3) is 3.38. The second kappa shape index (κ2) is 5.26. The van der Waals surface area contributed by atoms with Gasteiger partial charge in [0.2, 0.25) is 0 Å². The highest BCUT2D eigenvalue weighted by molar-refractivity contribution is 5.21. The van der Waals surface area contributed by atoms with Crippen LogP contribution >= 0.6 is 0 Å². The molecule has 0 nitrogen and oxygen atoms in total. The van der Waals surface area contributed by atoms with Crippen molar-refractivity contribution in [1.82, 2.24) is 0 Å². The van der Waals surface area contributed by atoms with Crippen LogP contribution in [-0.2, 0) is 0 Å². The minimum atomic E-state index is 0.801. The molecule has 0 heterocycles. The second-order valence-corrected chi connectivity index (χ2v) is 4.33. The van der Waals surface area contributed by atoms with Crippen molar-refractivity contribution < 1.29 is 0 Å². The Morgan fingerprint density at radius 3 is 2.85 bits per heavy atom. The fourth-order valence-electron chi connectivity index (χ4n) is 1.91. The number of rotatable bonds is 4. The SMILES string of the molecule is CCCCC(C)C1C=CC(C)=CC1. The van der Waals surface area contributed by atoms with E-state index in [1.165, 1.54) is 31.3 Å². The summed E-state index contributed by atoms with van der Waals surface area (Å²) >= 11 is 0. The molecule has 0 bridgehead atoms. The van der Waals surface area contributed by atoms with Gasteiger partial charge in [-0.2, -0.15) is 0 Å². The van der Waals surface area contributed by atoms with E-state index in [1.807, 2.05) is 0 Å². The van der Waals surface area contributed by atoms with Gasteiger partial charge < -0.3 is 0 Å². The van der Waals surface area contributed by atoms with Crippen molar-refractivity contribution in [3.05, 3.63) is 23.8 Å². The molecule has 0 aromatic rings. The maximum Gasteiger partial charge on any atom is -0.0170 e. The van der Waals surface area contributed by atoms with Crippen molar-refractivity contribution in [3.8, 4) is 0 Å². The van der Waals surface area contributed by atoms with Crippen LogP contribution in [0.1, 0.15) is 46.5 Å². The fraction of sp³-hybridized carbons (Fsp3) is 0.692. The molecule has 1 aliphatic carbocycles. The van der Waals surface area contributed by atoms with E-state index in [2.05, 4.69) is 39.0 Å². The molecule has 74 valence electrons. The first kappa shape index (κ1) is 10.6.